The molecule has 0 amide bonds. The van der Waals surface area contributed by atoms with Crippen LogP contribution in [0.1, 0.15) is 44.9 Å². The molecule has 1 N–H and O–H groups in total. The summed E-state index contributed by atoms with van der Waals surface area (Å²) in [5, 5.41) is 9.62. The van der Waals surface area contributed by atoms with Crippen molar-refractivity contribution in [1.82, 2.24) is 0 Å². The molecule has 2 heteroatoms. The van der Waals surface area contributed by atoms with Gasteiger partial charge in [-0.15, -0.1) is 0 Å². The van der Waals surface area contributed by atoms with Crippen LogP contribution in [-0.2, 0) is 4.79 Å². The van der Waals surface area contributed by atoms with Crippen LogP contribution in [0.4, 0.5) is 0 Å². The van der Waals surface area contributed by atoms with Crippen LogP contribution in [0.5, 0.6) is 0 Å². The summed E-state index contributed by atoms with van der Waals surface area (Å²) in [6.07, 6.45) is 7.62. The third-order valence-electron chi connectivity index (χ3n) is 2.44. The molecule has 1 fully saturated rings. The highest BCUT2D eigenvalue weighted by Crippen LogP contribution is 2.24. The Hall–Kier alpha value is -0.370. The highest BCUT2D eigenvalue weighted by molar-refractivity contribution is 5.61. The average molecular weight is 156 g/mol. The van der Waals surface area contributed by atoms with Crippen LogP contribution >= 0.6 is 0 Å². The smallest absolute Gasteiger partial charge is 0.151 e. The van der Waals surface area contributed by atoms with Gasteiger partial charge >= 0.3 is 0 Å². The number of hydrogen-bond donors (Lipinski definition) is 1. The largest absolute Gasteiger partial charge is 0.382 e. The Morgan fingerprint density at radius 1 is 1.00 bits per heavy atom. The van der Waals surface area contributed by atoms with Gasteiger partial charge in [-0.05, 0) is 12.8 Å². The number of aldehydes is 1. The van der Waals surface area contributed by atoms with E-state index in [9.17, 15) is 9.90 Å². The highest BCUT2D eigenvalue weighted by atomic mass is 16.3. The summed E-state index contributed by atoms with van der Waals surface area (Å²) < 4.78 is 0. The Kier molecular flexibility index (Phi) is 3.06. The van der Waals surface area contributed by atoms with Crippen molar-refractivity contribution in [1.29, 1.82) is 0 Å². The zero-order valence-electron chi connectivity index (χ0n) is 6.88. The summed E-state index contributed by atoms with van der Waals surface area (Å²) in [5.41, 5.74) is -0.986. The lowest BCUT2D eigenvalue weighted by Crippen LogP contribution is -2.31. The second-order valence-electron chi connectivity index (χ2n) is 3.49. The Morgan fingerprint density at radius 2 is 1.45 bits per heavy atom. The SMILES string of the molecule is O=CC1(O)CCCCCCC1. The van der Waals surface area contributed by atoms with Crippen LogP contribution in [-0.4, -0.2) is 17.0 Å². The molecule has 0 spiro atoms. The van der Waals surface area contributed by atoms with Crippen LogP contribution < -0.4 is 0 Å². The van der Waals surface area contributed by atoms with Crippen molar-refractivity contribution in [3.05, 3.63) is 0 Å². The van der Waals surface area contributed by atoms with Crippen molar-refractivity contribution in [2.75, 3.05) is 0 Å². The minimum atomic E-state index is -0.986. The lowest BCUT2D eigenvalue weighted by molar-refractivity contribution is -0.125. The molecule has 0 saturated heterocycles. The standard InChI is InChI=1S/C9H16O2/c10-8-9(11)6-4-2-1-3-5-7-9/h8,11H,1-7H2. The van der Waals surface area contributed by atoms with E-state index in [2.05, 4.69) is 0 Å². The Labute approximate surface area is 67.6 Å². The fourth-order valence-corrected chi connectivity index (χ4v) is 1.64. The van der Waals surface area contributed by atoms with Crippen molar-refractivity contribution in [2.45, 2.75) is 50.5 Å². The predicted octanol–water partition coefficient (Wildman–Crippen LogP) is 1.66. The molecule has 0 aromatic carbocycles. The lowest BCUT2D eigenvalue weighted by atomic mass is 9.88. The van der Waals surface area contributed by atoms with Gasteiger partial charge in [0.15, 0.2) is 6.29 Å². The first-order valence-corrected chi connectivity index (χ1v) is 4.46. The maximum absolute atomic E-state index is 10.5. The van der Waals surface area contributed by atoms with E-state index in [1.165, 1.54) is 6.42 Å². The number of carbonyl (C=O) groups excluding carboxylic acids is 1. The molecule has 0 heterocycles. The molecule has 1 saturated carbocycles. The minimum Gasteiger partial charge on any atom is -0.382 e. The van der Waals surface area contributed by atoms with Gasteiger partial charge in [-0.1, -0.05) is 32.1 Å². The minimum absolute atomic E-state index is 0.663. The van der Waals surface area contributed by atoms with E-state index in [4.69, 9.17) is 0 Å². The summed E-state index contributed by atoms with van der Waals surface area (Å²) in [5.74, 6) is 0. The van der Waals surface area contributed by atoms with E-state index in [1.807, 2.05) is 0 Å². The second-order valence-corrected chi connectivity index (χ2v) is 3.49. The molecule has 2 nitrogen and oxygen atoms in total. The first-order chi connectivity index (χ1) is 5.27. The highest BCUT2D eigenvalue weighted by Gasteiger charge is 2.25. The van der Waals surface area contributed by atoms with Crippen LogP contribution in [0.2, 0.25) is 0 Å². The first-order valence-electron chi connectivity index (χ1n) is 4.46. The van der Waals surface area contributed by atoms with Gasteiger partial charge in [0.1, 0.15) is 5.60 Å². The van der Waals surface area contributed by atoms with Gasteiger partial charge in [-0.3, -0.25) is 0 Å². The van der Waals surface area contributed by atoms with Gasteiger partial charge in [-0.25, -0.2) is 0 Å². The maximum Gasteiger partial charge on any atom is 0.151 e. The van der Waals surface area contributed by atoms with Gasteiger partial charge in [0, 0.05) is 0 Å². The molecule has 0 aromatic rings. The fraction of sp³-hybridized carbons (Fsp3) is 0.889. The molecule has 0 aliphatic heterocycles. The van der Waals surface area contributed by atoms with Gasteiger partial charge in [0.2, 0.25) is 0 Å². The molecule has 1 aliphatic rings. The third-order valence-corrected chi connectivity index (χ3v) is 2.44. The molecular weight excluding hydrogens is 140 g/mol. The van der Waals surface area contributed by atoms with Gasteiger partial charge in [0.05, 0.1) is 0 Å². The zero-order valence-corrected chi connectivity index (χ0v) is 6.88. The maximum atomic E-state index is 10.5. The fourth-order valence-electron chi connectivity index (χ4n) is 1.64. The summed E-state index contributed by atoms with van der Waals surface area (Å²) >= 11 is 0. The van der Waals surface area contributed by atoms with E-state index in [0.29, 0.717) is 12.8 Å². The van der Waals surface area contributed by atoms with Crippen molar-refractivity contribution < 1.29 is 9.90 Å². The van der Waals surface area contributed by atoms with Crippen molar-refractivity contribution in [3.63, 3.8) is 0 Å². The third kappa shape index (κ3) is 2.62. The summed E-state index contributed by atoms with van der Waals surface area (Å²) in [6, 6.07) is 0. The van der Waals surface area contributed by atoms with Crippen molar-refractivity contribution >= 4 is 6.29 Å². The van der Waals surface area contributed by atoms with E-state index in [0.717, 1.165) is 32.0 Å². The summed E-state index contributed by atoms with van der Waals surface area (Å²) in [7, 11) is 0. The predicted molar refractivity (Wildman–Crippen MR) is 43.3 cm³/mol. The average Bonchev–Trinajstić information content (AvgIpc) is 1.98. The molecule has 0 bridgehead atoms. The Bertz CT molecular complexity index is 124. The van der Waals surface area contributed by atoms with Gasteiger partial charge in [0.25, 0.3) is 0 Å². The molecular formula is C9H16O2. The van der Waals surface area contributed by atoms with Crippen LogP contribution in [0, 0.1) is 0 Å². The molecule has 0 aromatic heterocycles. The topological polar surface area (TPSA) is 37.3 Å². The molecule has 0 radical (unpaired) electrons. The van der Waals surface area contributed by atoms with E-state index >= 15 is 0 Å². The zero-order chi connectivity index (χ0) is 8.16. The van der Waals surface area contributed by atoms with Gasteiger partial charge in [-0.2, -0.15) is 0 Å². The van der Waals surface area contributed by atoms with Crippen LogP contribution in [0.3, 0.4) is 0 Å². The van der Waals surface area contributed by atoms with Crippen LogP contribution in [0.25, 0.3) is 0 Å². The molecule has 11 heavy (non-hydrogen) atoms. The number of carbonyl (C=O) groups is 1. The lowest BCUT2D eigenvalue weighted by Gasteiger charge is -2.23. The van der Waals surface area contributed by atoms with E-state index in [1.54, 1.807) is 0 Å². The molecule has 0 unspecified atom stereocenters. The van der Waals surface area contributed by atoms with Gasteiger partial charge < -0.3 is 9.90 Å². The summed E-state index contributed by atoms with van der Waals surface area (Å²) in [6.45, 7) is 0. The Morgan fingerprint density at radius 3 is 1.91 bits per heavy atom. The number of aliphatic hydroxyl groups is 1. The molecule has 64 valence electrons. The normalized spacial score (nSPS) is 25.2. The second kappa shape index (κ2) is 3.86. The summed E-state index contributed by atoms with van der Waals surface area (Å²) in [4.78, 5) is 10.5. The van der Waals surface area contributed by atoms with Crippen molar-refractivity contribution in [2.24, 2.45) is 0 Å². The van der Waals surface area contributed by atoms with E-state index in [-0.39, 0.29) is 0 Å². The number of rotatable bonds is 1. The monoisotopic (exact) mass is 156 g/mol. The Balaban J connectivity index is 2.43. The first kappa shape index (κ1) is 8.72. The quantitative estimate of drug-likeness (QED) is 0.586. The molecule has 1 rings (SSSR count). The van der Waals surface area contributed by atoms with Crippen molar-refractivity contribution in [3.8, 4) is 0 Å². The van der Waals surface area contributed by atoms with Crippen LogP contribution in [0.15, 0.2) is 0 Å². The molecule has 0 atom stereocenters. The van der Waals surface area contributed by atoms with E-state index < -0.39 is 5.60 Å². The number of hydrogen-bond acceptors (Lipinski definition) is 2. The molecule has 1 aliphatic carbocycles.